The fraction of sp³-hybridized carbons (Fsp3) is 0.0909. The minimum absolute atomic E-state index is 0.0832. The third-order valence-corrected chi connectivity index (χ3v) is 5.71. The second-order valence-electron chi connectivity index (χ2n) is 6.93. The number of aromatic nitrogens is 1. The number of phenolic OH excluding ortho intramolecular Hbond substituents is 2. The van der Waals surface area contributed by atoms with Gasteiger partial charge in [0.25, 0.3) is 0 Å². The summed E-state index contributed by atoms with van der Waals surface area (Å²) in [5.74, 6) is -0.941. The Morgan fingerprint density at radius 3 is 2.61 bits per heavy atom. The van der Waals surface area contributed by atoms with Crippen molar-refractivity contribution in [3.8, 4) is 11.5 Å². The third-order valence-electron chi connectivity index (χ3n) is 4.68. The molecule has 3 aromatic carbocycles. The first-order valence-corrected chi connectivity index (χ1v) is 10.2. The first kappa shape index (κ1) is 20.3. The molecular weight excluding hydrogens is 416 g/mol. The van der Waals surface area contributed by atoms with E-state index in [2.05, 4.69) is 16.3 Å². The van der Waals surface area contributed by atoms with Gasteiger partial charge in [-0.15, -0.1) is 5.10 Å². The average Bonchev–Trinajstić information content (AvgIpc) is 3.06. The number of aryl methyl sites for hydroxylation is 1. The number of aromatic hydroxyl groups is 2. The summed E-state index contributed by atoms with van der Waals surface area (Å²) >= 11 is 1.48. The Morgan fingerprint density at radius 1 is 1.10 bits per heavy atom. The lowest BCUT2D eigenvalue weighted by Crippen LogP contribution is -2.15. The highest BCUT2D eigenvalue weighted by Gasteiger charge is 2.16. The van der Waals surface area contributed by atoms with E-state index < -0.39 is 16.4 Å². The largest absolute Gasteiger partial charge is 0.507 e. The Morgan fingerprint density at radius 2 is 1.87 bits per heavy atom. The number of nitro groups is 1. The van der Waals surface area contributed by atoms with Crippen molar-refractivity contribution >= 4 is 33.5 Å². The summed E-state index contributed by atoms with van der Waals surface area (Å²) in [7, 11) is 0. The smallest absolute Gasteiger partial charge is 0.311 e. The maximum atomic E-state index is 11.0. The molecular formula is C22H18N4O4S. The molecule has 0 saturated heterocycles. The second kappa shape index (κ2) is 8.41. The zero-order valence-corrected chi connectivity index (χ0v) is 17.3. The number of thiazole rings is 1. The molecule has 0 aliphatic rings. The Kier molecular flexibility index (Phi) is 5.50. The number of hydrogen-bond acceptors (Lipinski definition) is 7. The lowest BCUT2D eigenvalue weighted by Gasteiger charge is -2.05. The molecule has 4 aromatic rings. The molecule has 1 aromatic heterocycles. The molecule has 0 unspecified atom stereocenters. The standard InChI is InChI=1S/C22H18N4O4S/c1-14-7-8-17-21(9-14)31-22(25(17)13-15-5-3-2-4-6-15)24-23-12-16-10-18(26(29)30)20(28)11-19(16)27/h2-12,27-28H,13H2,1H3/b23-12-,24-22+. The van der Waals surface area contributed by atoms with Crippen LogP contribution in [-0.4, -0.2) is 25.9 Å². The molecule has 8 nitrogen and oxygen atoms in total. The number of hydrogen-bond donors (Lipinski definition) is 2. The molecule has 0 saturated carbocycles. The van der Waals surface area contributed by atoms with Crippen molar-refractivity contribution in [1.82, 2.24) is 4.57 Å². The number of fused-ring (bicyclic) bond motifs is 1. The summed E-state index contributed by atoms with van der Waals surface area (Å²) in [6.45, 7) is 2.63. The Bertz CT molecular complexity index is 1370. The van der Waals surface area contributed by atoms with Crippen LogP contribution in [0.2, 0.25) is 0 Å². The van der Waals surface area contributed by atoms with Crippen LogP contribution in [0.25, 0.3) is 10.2 Å². The molecule has 9 heteroatoms. The summed E-state index contributed by atoms with van der Waals surface area (Å²) < 4.78 is 3.11. The van der Waals surface area contributed by atoms with Gasteiger partial charge in [0.1, 0.15) is 5.75 Å². The van der Waals surface area contributed by atoms with E-state index in [0.717, 1.165) is 33.5 Å². The van der Waals surface area contributed by atoms with E-state index >= 15 is 0 Å². The van der Waals surface area contributed by atoms with E-state index in [1.165, 1.54) is 17.6 Å². The maximum absolute atomic E-state index is 11.0. The third kappa shape index (κ3) is 4.31. The van der Waals surface area contributed by atoms with Crippen molar-refractivity contribution in [2.24, 2.45) is 10.2 Å². The molecule has 0 amide bonds. The molecule has 0 aliphatic carbocycles. The van der Waals surface area contributed by atoms with Crippen molar-refractivity contribution < 1.29 is 15.1 Å². The van der Waals surface area contributed by atoms with Crippen LogP contribution in [0.1, 0.15) is 16.7 Å². The highest BCUT2D eigenvalue weighted by atomic mass is 32.1. The lowest BCUT2D eigenvalue weighted by molar-refractivity contribution is -0.385. The van der Waals surface area contributed by atoms with Gasteiger partial charge >= 0.3 is 5.69 Å². The topological polar surface area (TPSA) is 113 Å². The summed E-state index contributed by atoms with van der Waals surface area (Å²) in [6, 6.07) is 18.1. The van der Waals surface area contributed by atoms with Gasteiger partial charge in [0.05, 0.1) is 27.9 Å². The lowest BCUT2D eigenvalue weighted by atomic mass is 10.2. The number of nitro benzene ring substituents is 1. The van der Waals surface area contributed by atoms with Crippen LogP contribution in [-0.2, 0) is 6.54 Å². The monoisotopic (exact) mass is 434 g/mol. The first-order valence-electron chi connectivity index (χ1n) is 9.34. The zero-order valence-electron chi connectivity index (χ0n) is 16.5. The van der Waals surface area contributed by atoms with Crippen molar-refractivity contribution in [3.05, 3.63) is 92.3 Å². The molecule has 0 bridgehead atoms. The fourth-order valence-electron chi connectivity index (χ4n) is 3.15. The fourth-order valence-corrected chi connectivity index (χ4v) is 4.23. The van der Waals surface area contributed by atoms with Gasteiger partial charge in [0, 0.05) is 17.7 Å². The van der Waals surface area contributed by atoms with Gasteiger partial charge in [-0.1, -0.05) is 47.7 Å². The van der Waals surface area contributed by atoms with E-state index in [0.29, 0.717) is 11.3 Å². The van der Waals surface area contributed by atoms with Crippen LogP contribution < -0.4 is 4.80 Å². The van der Waals surface area contributed by atoms with E-state index in [-0.39, 0.29) is 11.3 Å². The molecule has 0 fully saturated rings. The summed E-state index contributed by atoms with van der Waals surface area (Å²) in [6.07, 6.45) is 1.23. The highest BCUT2D eigenvalue weighted by Crippen LogP contribution is 2.32. The second-order valence-corrected chi connectivity index (χ2v) is 7.94. The van der Waals surface area contributed by atoms with E-state index in [1.54, 1.807) is 0 Å². The van der Waals surface area contributed by atoms with Crippen molar-refractivity contribution in [1.29, 1.82) is 0 Å². The van der Waals surface area contributed by atoms with Gasteiger partial charge in [-0.3, -0.25) is 10.1 Å². The van der Waals surface area contributed by atoms with E-state index in [1.807, 2.05) is 54.0 Å². The van der Waals surface area contributed by atoms with Gasteiger partial charge in [-0.2, -0.15) is 5.10 Å². The highest BCUT2D eigenvalue weighted by molar-refractivity contribution is 7.16. The Balaban J connectivity index is 1.78. The van der Waals surface area contributed by atoms with Crippen LogP contribution in [0.3, 0.4) is 0 Å². The number of phenols is 2. The average molecular weight is 434 g/mol. The number of rotatable bonds is 5. The zero-order chi connectivity index (χ0) is 22.0. The molecule has 0 radical (unpaired) electrons. The van der Waals surface area contributed by atoms with E-state index in [9.17, 15) is 20.3 Å². The summed E-state index contributed by atoms with van der Waals surface area (Å²) in [5.41, 5.74) is 2.84. The SMILES string of the molecule is Cc1ccc2c(c1)s/c(=N/N=C\c1cc([N+](=O)[O-])c(O)cc1O)n2Cc1ccccc1. The van der Waals surface area contributed by atoms with Gasteiger partial charge < -0.3 is 14.8 Å². The minimum Gasteiger partial charge on any atom is -0.507 e. The molecule has 4 rings (SSSR count). The normalized spacial score (nSPS) is 12.1. The molecule has 0 aliphatic heterocycles. The molecule has 2 N–H and O–H groups in total. The molecule has 31 heavy (non-hydrogen) atoms. The molecule has 156 valence electrons. The predicted molar refractivity (Wildman–Crippen MR) is 120 cm³/mol. The summed E-state index contributed by atoms with van der Waals surface area (Å²) in [5, 5.41) is 38.9. The molecule has 1 heterocycles. The van der Waals surface area contributed by atoms with Crippen molar-refractivity contribution in [2.45, 2.75) is 13.5 Å². The Hall–Kier alpha value is -3.98. The van der Waals surface area contributed by atoms with Gasteiger partial charge in [-0.05, 0) is 30.2 Å². The van der Waals surface area contributed by atoms with Crippen LogP contribution in [0.15, 0.2) is 70.9 Å². The predicted octanol–water partition coefficient (Wildman–Crippen LogP) is 4.31. The van der Waals surface area contributed by atoms with Crippen molar-refractivity contribution in [2.75, 3.05) is 0 Å². The van der Waals surface area contributed by atoms with Crippen LogP contribution >= 0.6 is 11.3 Å². The van der Waals surface area contributed by atoms with Crippen LogP contribution in [0, 0.1) is 17.0 Å². The van der Waals surface area contributed by atoms with Crippen molar-refractivity contribution in [3.63, 3.8) is 0 Å². The quantitative estimate of drug-likeness (QED) is 0.277. The van der Waals surface area contributed by atoms with Crippen LogP contribution in [0.4, 0.5) is 5.69 Å². The summed E-state index contributed by atoms with van der Waals surface area (Å²) in [4.78, 5) is 10.9. The number of benzene rings is 3. The first-order chi connectivity index (χ1) is 14.9. The molecule has 0 atom stereocenters. The Labute approximate surface area is 180 Å². The van der Waals surface area contributed by atoms with Gasteiger partial charge in [0.2, 0.25) is 4.80 Å². The number of nitrogens with zero attached hydrogens (tertiary/aromatic N) is 4. The molecule has 0 spiro atoms. The van der Waals surface area contributed by atoms with E-state index in [4.69, 9.17) is 0 Å². The van der Waals surface area contributed by atoms with Crippen LogP contribution in [0.5, 0.6) is 11.5 Å². The van der Waals surface area contributed by atoms with Gasteiger partial charge in [0.15, 0.2) is 5.75 Å². The van der Waals surface area contributed by atoms with Gasteiger partial charge in [-0.25, -0.2) is 0 Å². The maximum Gasteiger partial charge on any atom is 0.311 e. The minimum atomic E-state index is -0.731.